The molecule has 3 N–H and O–H groups in total. The molecule has 0 saturated carbocycles. The van der Waals surface area contributed by atoms with Crippen molar-refractivity contribution in [3.63, 3.8) is 0 Å². The van der Waals surface area contributed by atoms with Crippen LogP contribution in [0.25, 0.3) is 0 Å². The molecule has 14 nitrogen and oxygen atoms in total. The van der Waals surface area contributed by atoms with Crippen LogP contribution in [0.1, 0.15) is 5.56 Å². The third kappa shape index (κ3) is 6.69. The molecule has 4 aromatic rings. The third-order valence-corrected chi connectivity index (χ3v) is 4.78. The van der Waals surface area contributed by atoms with E-state index in [4.69, 9.17) is 4.74 Å². The zero-order chi connectivity index (χ0) is 26.2. The van der Waals surface area contributed by atoms with Crippen molar-refractivity contribution in [1.82, 2.24) is 15.0 Å². The van der Waals surface area contributed by atoms with Gasteiger partial charge < -0.3 is 15.4 Å². The Morgan fingerprint density at radius 1 is 0.784 bits per heavy atom. The molecule has 0 unspecified atom stereocenters. The molecule has 0 fully saturated rings. The number of hydrogen-bond donors (Lipinski definition) is 3. The Bertz CT molecular complexity index is 1440. The summed E-state index contributed by atoms with van der Waals surface area (Å²) in [4.78, 5) is 33.8. The van der Waals surface area contributed by atoms with Gasteiger partial charge in [-0.15, -0.1) is 0 Å². The minimum atomic E-state index is -0.496. The molecule has 4 rings (SSSR count). The van der Waals surface area contributed by atoms with Gasteiger partial charge in [-0.1, -0.05) is 12.1 Å². The Balaban J connectivity index is 1.58. The third-order valence-electron chi connectivity index (χ3n) is 4.78. The lowest BCUT2D eigenvalue weighted by molar-refractivity contribution is -0.385. The summed E-state index contributed by atoms with van der Waals surface area (Å²) in [5, 5.41) is 32.0. The summed E-state index contributed by atoms with van der Waals surface area (Å²) < 4.78 is 5.16. The lowest BCUT2D eigenvalue weighted by Crippen LogP contribution is -2.07. The van der Waals surface area contributed by atoms with Crippen molar-refractivity contribution in [3.05, 3.63) is 98.6 Å². The van der Waals surface area contributed by atoms with Gasteiger partial charge in [-0.3, -0.25) is 20.2 Å². The minimum absolute atomic E-state index is 0.0547. The lowest BCUT2D eigenvalue weighted by atomic mass is 10.2. The van der Waals surface area contributed by atoms with E-state index in [-0.39, 0.29) is 29.2 Å². The van der Waals surface area contributed by atoms with Crippen LogP contribution < -0.4 is 20.8 Å². The SMILES string of the molecule is COc1ccc(Nc2nc(N/N=C/c3cccc([N+](=O)[O-])c3)nc(Nc3ccc([N+](=O)[O-])cc3)n2)cc1. The van der Waals surface area contributed by atoms with E-state index in [1.807, 2.05) is 0 Å². The molecule has 0 aliphatic carbocycles. The fourth-order valence-electron chi connectivity index (χ4n) is 3.02. The van der Waals surface area contributed by atoms with Crippen LogP contribution in [0.4, 0.5) is 40.6 Å². The highest BCUT2D eigenvalue weighted by Gasteiger charge is 2.10. The zero-order valence-corrected chi connectivity index (χ0v) is 19.2. The predicted molar refractivity (Wildman–Crippen MR) is 137 cm³/mol. The van der Waals surface area contributed by atoms with Gasteiger partial charge in [0.2, 0.25) is 17.8 Å². The number of nitrogens with zero attached hydrogens (tertiary/aromatic N) is 6. The molecule has 0 amide bonds. The maximum Gasteiger partial charge on any atom is 0.270 e. The van der Waals surface area contributed by atoms with Crippen LogP contribution in [0.5, 0.6) is 5.75 Å². The van der Waals surface area contributed by atoms with Gasteiger partial charge in [0, 0.05) is 41.2 Å². The first kappa shape index (κ1) is 24.5. The van der Waals surface area contributed by atoms with E-state index >= 15 is 0 Å². The number of methoxy groups -OCH3 is 1. The van der Waals surface area contributed by atoms with Gasteiger partial charge in [0.05, 0.1) is 23.2 Å². The number of benzene rings is 3. The van der Waals surface area contributed by atoms with Crippen LogP contribution in [0.15, 0.2) is 77.9 Å². The second-order valence-corrected chi connectivity index (χ2v) is 7.31. The standard InChI is InChI=1S/C23H19N9O5/c1-37-20-11-7-17(8-12-20)26-22-27-21(25-16-5-9-18(10-6-16)31(33)34)28-23(29-22)30-24-14-15-3-2-4-19(13-15)32(35)36/h2-14H,1H3,(H3,25,26,27,28,29,30)/b24-14+. The van der Waals surface area contributed by atoms with Gasteiger partial charge >= 0.3 is 0 Å². The Morgan fingerprint density at radius 3 is 1.92 bits per heavy atom. The molecule has 0 radical (unpaired) electrons. The largest absolute Gasteiger partial charge is 0.497 e. The highest BCUT2D eigenvalue weighted by Crippen LogP contribution is 2.22. The number of nitro benzene ring substituents is 2. The van der Waals surface area contributed by atoms with Gasteiger partial charge in [-0.2, -0.15) is 20.1 Å². The molecule has 0 saturated heterocycles. The Labute approximate surface area is 209 Å². The molecular formula is C23H19N9O5. The van der Waals surface area contributed by atoms with E-state index in [0.29, 0.717) is 22.7 Å². The fraction of sp³-hybridized carbons (Fsp3) is 0.0435. The number of anilines is 5. The fourth-order valence-corrected chi connectivity index (χ4v) is 3.02. The maximum absolute atomic E-state index is 11.0. The second-order valence-electron chi connectivity index (χ2n) is 7.31. The summed E-state index contributed by atoms with van der Waals surface area (Å²) in [6, 6.07) is 18.8. The normalized spacial score (nSPS) is 10.6. The van der Waals surface area contributed by atoms with Crippen LogP contribution in [0.2, 0.25) is 0 Å². The topological polar surface area (TPSA) is 183 Å². The molecule has 1 heterocycles. The number of ether oxygens (including phenoxy) is 1. The molecule has 14 heteroatoms. The van der Waals surface area contributed by atoms with E-state index in [1.165, 1.54) is 42.6 Å². The molecule has 0 aliphatic rings. The van der Waals surface area contributed by atoms with Gasteiger partial charge in [0.1, 0.15) is 5.75 Å². The maximum atomic E-state index is 11.0. The Hall–Kier alpha value is -5.66. The van der Waals surface area contributed by atoms with E-state index in [1.54, 1.807) is 43.5 Å². The molecule has 1 aromatic heterocycles. The van der Waals surface area contributed by atoms with Crippen molar-refractivity contribution >= 4 is 46.8 Å². The van der Waals surface area contributed by atoms with Crippen LogP contribution in [-0.4, -0.2) is 38.1 Å². The summed E-state index contributed by atoms with van der Waals surface area (Å²) in [6.45, 7) is 0. The Morgan fingerprint density at radius 2 is 1.35 bits per heavy atom. The number of nitrogens with one attached hydrogen (secondary N) is 3. The minimum Gasteiger partial charge on any atom is -0.497 e. The molecule has 3 aromatic carbocycles. The monoisotopic (exact) mass is 501 g/mol. The first-order chi connectivity index (χ1) is 17.9. The Kier molecular flexibility index (Phi) is 7.39. The molecule has 0 spiro atoms. The molecule has 37 heavy (non-hydrogen) atoms. The molecule has 0 aliphatic heterocycles. The number of nitro groups is 2. The van der Waals surface area contributed by atoms with Crippen molar-refractivity contribution in [2.75, 3.05) is 23.2 Å². The van der Waals surface area contributed by atoms with Crippen molar-refractivity contribution in [3.8, 4) is 5.75 Å². The van der Waals surface area contributed by atoms with Crippen molar-refractivity contribution in [2.45, 2.75) is 0 Å². The highest BCUT2D eigenvalue weighted by molar-refractivity contribution is 5.81. The van der Waals surface area contributed by atoms with Crippen molar-refractivity contribution in [1.29, 1.82) is 0 Å². The number of rotatable bonds is 10. The van der Waals surface area contributed by atoms with Crippen molar-refractivity contribution in [2.24, 2.45) is 5.10 Å². The van der Waals surface area contributed by atoms with Gasteiger partial charge in [0.25, 0.3) is 11.4 Å². The summed E-state index contributed by atoms with van der Waals surface area (Å²) in [5.74, 6) is 1.06. The quantitative estimate of drug-likeness (QED) is 0.156. The van der Waals surface area contributed by atoms with E-state index in [0.717, 1.165) is 0 Å². The predicted octanol–water partition coefficient (Wildman–Crippen LogP) is 4.63. The first-order valence-electron chi connectivity index (χ1n) is 10.6. The van der Waals surface area contributed by atoms with Crippen LogP contribution >= 0.6 is 0 Å². The van der Waals surface area contributed by atoms with Gasteiger partial charge in [0.15, 0.2) is 0 Å². The van der Waals surface area contributed by atoms with Gasteiger partial charge in [-0.05, 0) is 36.4 Å². The molecule has 0 bridgehead atoms. The lowest BCUT2D eigenvalue weighted by Gasteiger charge is -2.10. The van der Waals surface area contributed by atoms with Crippen LogP contribution in [0, 0.1) is 20.2 Å². The van der Waals surface area contributed by atoms with Gasteiger partial charge in [-0.25, -0.2) is 5.43 Å². The zero-order valence-electron chi connectivity index (χ0n) is 19.2. The first-order valence-corrected chi connectivity index (χ1v) is 10.6. The smallest absolute Gasteiger partial charge is 0.270 e. The number of non-ortho nitro benzene ring substituents is 2. The average molecular weight is 501 g/mol. The second kappa shape index (κ2) is 11.2. The van der Waals surface area contributed by atoms with E-state index in [2.05, 4.69) is 36.1 Å². The molecule has 0 atom stereocenters. The van der Waals surface area contributed by atoms with Crippen LogP contribution in [-0.2, 0) is 0 Å². The summed E-state index contributed by atoms with van der Waals surface area (Å²) in [5.41, 5.74) is 4.25. The summed E-state index contributed by atoms with van der Waals surface area (Å²) >= 11 is 0. The van der Waals surface area contributed by atoms with Crippen LogP contribution in [0.3, 0.4) is 0 Å². The summed E-state index contributed by atoms with van der Waals surface area (Å²) in [7, 11) is 1.57. The van der Waals surface area contributed by atoms with E-state index < -0.39 is 9.85 Å². The number of aromatic nitrogens is 3. The number of hydrogen-bond acceptors (Lipinski definition) is 12. The summed E-state index contributed by atoms with van der Waals surface area (Å²) in [6.07, 6.45) is 1.39. The van der Waals surface area contributed by atoms with E-state index in [9.17, 15) is 20.2 Å². The van der Waals surface area contributed by atoms with Crippen molar-refractivity contribution < 1.29 is 14.6 Å². The average Bonchev–Trinajstić information content (AvgIpc) is 2.89. The number of hydrazone groups is 1. The molecular weight excluding hydrogens is 482 g/mol. The molecule has 186 valence electrons. The highest BCUT2D eigenvalue weighted by atomic mass is 16.6.